The summed E-state index contributed by atoms with van der Waals surface area (Å²) < 4.78 is 1.84. The van der Waals surface area contributed by atoms with Crippen LogP contribution in [-0.4, -0.2) is 58.1 Å². The fraction of sp³-hybridized carbons (Fsp3) is 0.429. The van der Waals surface area contributed by atoms with Crippen LogP contribution in [0.25, 0.3) is 10.3 Å². The Morgan fingerprint density at radius 3 is 2.67 bits per heavy atom. The highest BCUT2D eigenvalue weighted by Crippen LogP contribution is 2.26. The van der Waals surface area contributed by atoms with Gasteiger partial charge < -0.3 is 15.1 Å². The summed E-state index contributed by atoms with van der Waals surface area (Å²) in [4.78, 5) is 38.9. The molecule has 0 saturated carbocycles. The molecule has 0 aliphatic carbocycles. The van der Waals surface area contributed by atoms with Gasteiger partial charge in [0.25, 0.3) is 5.56 Å². The number of carbonyl (C=O) groups excluding carboxylic acids is 1. The number of carbonyl (C=O) groups is 1. The number of aromatic nitrogens is 3. The number of aryl methyl sites for hydroxylation is 2. The van der Waals surface area contributed by atoms with Gasteiger partial charge in [0.2, 0.25) is 5.91 Å². The van der Waals surface area contributed by atoms with Gasteiger partial charge in [-0.1, -0.05) is 36.0 Å². The highest BCUT2D eigenvalue weighted by Gasteiger charge is 2.21. The first-order valence-corrected chi connectivity index (χ1v) is 11.0. The van der Waals surface area contributed by atoms with Crippen molar-refractivity contribution in [3.63, 3.8) is 0 Å². The van der Waals surface area contributed by atoms with Gasteiger partial charge >= 0.3 is 0 Å². The molecule has 2 aromatic heterocycles. The molecule has 9 heteroatoms. The summed E-state index contributed by atoms with van der Waals surface area (Å²) in [6.45, 7) is 10.8. The number of benzene rings is 1. The predicted octanol–water partition coefficient (Wildman–Crippen LogP) is 2.25. The minimum Gasteiger partial charge on any atom is -0.345 e. The fourth-order valence-corrected chi connectivity index (χ4v) is 4.66. The maximum Gasteiger partial charge on any atom is 0.273 e. The molecular weight excluding hydrogens is 400 g/mol. The average Bonchev–Trinajstić information content (AvgIpc) is 3.17. The van der Waals surface area contributed by atoms with E-state index >= 15 is 0 Å². The number of amides is 1. The molecule has 3 aromatic rings. The molecule has 0 unspecified atom stereocenters. The molecule has 158 valence electrons. The van der Waals surface area contributed by atoms with Crippen LogP contribution in [0.2, 0.25) is 0 Å². The number of likely N-dealkylation sites (N-methyl/N-ethyl adjacent to an activating group) is 1. The van der Waals surface area contributed by atoms with E-state index in [4.69, 9.17) is 0 Å². The van der Waals surface area contributed by atoms with E-state index in [1.54, 1.807) is 0 Å². The van der Waals surface area contributed by atoms with Gasteiger partial charge in [0.15, 0.2) is 10.8 Å². The Bertz CT molecular complexity index is 1130. The Morgan fingerprint density at radius 1 is 1.20 bits per heavy atom. The predicted molar refractivity (Wildman–Crippen MR) is 121 cm³/mol. The Morgan fingerprint density at radius 2 is 1.97 bits per heavy atom. The lowest BCUT2D eigenvalue weighted by atomic mass is 10.1. The number of anilines is 2. The van der Waals surface area contributed by atoms with Crippen LogP contribution >= 0.6 is 11.3 Å². The lowest BCUT2D eigenvalue weighted by Crippen LogP contribution is -2.46. The van der Waals surface area contributed by atoms with E-state index in [0.717, 1.165) is 54.7 Å². The van der Waals surface area contributed by atoms with E-state index in [2.05, 4.69) is 32.0 Å². The Balaban J connectivity index is 1.50. The molecule has 0 atom stereocenters. The zero-order chi connectivity index (χ0) is 21.3. The van der Waals surface area contributed by atoms with E-state index < -0.39 is 0 Å². The van der Waals surface area contributed by atoms with Crippen molar-refractivity contribution < 1.29 is 4.79 Å². The minimum atomic E-state index is -0.259. The van der Waals surface area contributed by atoms with E-state index in [1.807, 2.05) is 32.0 Å². The van der Waals surface area contributed by atoms with Crippen LogP contribution in [-0.2, 0) is 11.3 Å². The van der Waals surface area contributed by atoms with Crippen LogP contribution in [0.3, 0.4) is 0 Å². The van der Waals surface area contributed by atoms with E-state index in [1.165, 1.54) is 22.2 Å². The van der Waals surface area contributed by atoms with Gasteiger partial charge in [-0.05, 0) is 32.0 Å². The van der Waals surface area contributed by atoms with Gasteiger partial charge in [-0.25, -0.2) is 4.98 Å². The van der Waals surface area contributed by atoms with Crippen molar-refractivity contribution >= 4 is 38.4 Å². The van der Waals surface area contributed by atoms with Gasteiger partial charge in [0.05, 0.1) is 0 Å². The van der Waals surface area contributed by atoms with E-state index in [-0.39, 0.29) is 18.0 Å². The molecule has 1 N–H and O–H groups in total. The number of hydrogen-bond donors (Lipinski definition) is 1. The molecule has 0 spiro atoms. The first-order valence-electron chi connectivity index (χ1n) is 10.1. The van der Waals surface area contributed by atoms with Crippen molar-refractivity contribution in [1.82, 2.24) is 19.4 Å². The first-order chi connectivity index (χ1) is 14.4. The Hall–Kier alpha value is -2.78. The number of nitrogens with zero attached hydrogens (tertiary/aromatic N) is 5. The normalized spacial score (nSPS) is 15.0. The van der Waals surface area contributed by atoms with Crippen molar-refractivity contribution in [3.05, 3.63) is 46.0 Å². The van der Waals surface area contributed by atoms with E-state index in [0.29, 0.717) is 10.3 Å². The van der Waals surface area contributed by atoms with E-state index in [9.17, 15) is 9.59 Å². The summed E-state index contributed by atoms with van der Waals surface area (Å²) >= 11 is 1.36. The quantitative estimate of drug-likeness (QED) is 0.674. The summed E-state index contributed by atoms with van der Waals surface area (Å²) in [6, 6.07) is 5.83. The molecule has 1 aliphatic heterocycles. The van der Waals surface area contributed by atoms with Crippen molar-refractivity contribution in [2.75, 3.05) is 42.9 Å². The number of rotatable bonds is 5. The van der Waals surface area contributed by atoms with Crippen LogP contribution in [0, 0.1) is 13.8 Å². The highest BCUT2D eigenvalue weighted by molar-refractivity contribution is 7.22. The number of hydrogen-bond acceptors (Lipinski definition) is 7. The van der Waals surface area contributed by atoms with Crippen LogP contribution in [0.4, 0.5) is 10.8 Å². The van der Waals surface area contributed by atoms with Gasteiger partial charge in [-0.3, -0.25) is 14.2 Å². The topological polar surface area (TPSA) is 83.4 Å². The SMILES string of the molecule is CCN1CCN(c2nc3ncn(CC(=O)Nc4ccc(C)cc4C)c(=O)c3s2)CC1. The van der Waals surface area contributed by atoms with Gasteiger partial charge in [0, 0.05) is 31.9 Å². The summed E-state index contributed by atoms with van der Waals surface area (Å²) in [5.74, 6) is -0.259. The van der Waals surface area contributed by atoms with Crippen LogP contribution < -0.4 is 15.8 Å². The van der Waals surface area contributed by atoms with Gasteiger partial charge in [-0.2, -0.15) is 4.98 Å². The third-order valence-electron chi connectivity index (χ3n) is 5.43. The maximum atomic E-state index is 12.9. The molecule has 1 aromatic carbocycles. The molecule has 1 fully saturated rings. The second-order valence-corrected chi connectivity index (χ2v) is 8.59. The molecular formula is C21H26N6O2S. The number of piperazine rings is 1. The third kappa shape index (κ3) is 4.22. The lowest BCUT2D eigenvalue weighted by molar-refractivity contribution is -0.116. The minimum absolute atomic E-state index is 0.0858. The zero-order valence-electron chi connectivity index (χ0n) is 17.5. The largest absolute Gasteiger partial charge is 0.345 e. The molecule has 1 aliphatic rings. The molecule has 30 heavy (non-hydrogen) atoms. The monoisotopic (exact) mass is 426 g/mol. The molecule has 3 heterocycles. The Kier molecular flexibility index (Phi) is 5.83. The first kappa shape index (κ1) is 20.5. The molecule has 0 bridgehead atoms. The van der Waals surface area contributed by atoms with Crippen LogP contribution in [0.5, 0.6) is 0 Å². The average molecular weight is 427 g/mol. The van der Waals surface area contributed by atoms with Crippen molar-refractivity contribution in [2.45, 2.75) is 27.3 Å². The zero-order valence-corrected chi connectivity index (χ0v) is 18.3. The standard InChI is InChI=1S/C21H26N6O2S/c1-4-25-7-9-26(10-8-25)21-24-19-18(30-21)20(29)27(13-22-19)12-17(28)23-16-6-5-14(2)11-15(16)3/h5-6,11,13H,4,7-10,12H2,1-3H3,(H,23,28). The van der Waals surface area contributed by atoms with Crippen LogP contribution in [0.15, 0.2) is 29.3 Å². The second kappa shape index (κ2) is 8.53. The highest BCUT2D eigenvalue weighted by atomic mass is 32.1. The van der Waals surface area contributed by atoms with Crippen molar-refractivity contribution in [3.8, 4) is 0 Å². The molecule has 1 amide bonds. The smallest absolute Gasteiger partial charge is 0.273 e. The lowest BCUT2D eigenvalue weighted by Gasteiger charge is -2.33. The third-order valence-corrected chi connectivity index (χ3v) is 6.53. The van der Waals surface area contributed by atoms with Gasteiger partial charge in [-0.15, -0.1) is 0 Å². The summed E-state index contributed by atoms with van der Waals surface area (Å²) in [6.07, 6.45) is 1.41. The number of nitrogens with one attached hydrogen (secondary N) is 1. The molecule has 8 nitrogen and oxygen atoms in total. The van der Waals surface area contributed by atoms with Crippen molar-refractivity contribution in [2.24, 2.45) is 0 Å². The van der Waals surface area contributed by atoms with Gasteiger partial charge in [0.1, 0.15) is 17.6 Å². The number of thiazole rings is 1. The maximum absolute atomic E-state index is 12.9. The fourth-order valence-electron chi connectivity index (χ4n) is 3.64. The molecule has 0 radical (unpaired) electrons. The molecule has 1 saturated heterocycles. The summed E-state index contributed by atoms with van der Waals surface area (Å²) in [5.41, 5.74) is 3.09. The summed E-state index contributed by atoms with van der Waals surface area (Å²) in [7, 11) is 0. The molecule has 4 rings (SSSR count). The van der Waals surface area contributed by atoms with Crippen LogP contribution in [0.1, 0.15) is 18.1 Å². The number of fused-ring (bicyclic) bond motifs is 1. The second-order valence-electron chi connectivity index (χ2n) is 7.61. The Labute approximate surface area is 179 Å². The summed E-state index contributed by atoms with van der Waals surface area (Å²) in [5, 5.41) is 3.70. The van der Waals surface area contributed by atoms with Crippen molar-refractivity contribution in [1.29, 1.82) is 0 Å².